The van der Waals surface area contributed by atoms with Crippen LogP contribution < -0.4 is 10.3 Å². The van der Waals surface area contributed by atoms with Crippen molar-refractivity contribution in [1.29, 1.82) is 0 Å². The SMILES string of the molecule is CCOC(=O)CCn1c(C)nc2c(OC)cccc2c1=O. The summed E-state index contributed by atoms with van der Waals surface area (Å²) in [6.45, 7) is 4.07. The van der Waals surface area contributed by atoms with E-state index in [4.69, 9.17) is 9.47 Å². The van der Waals surface area contributed by atoms with Crippen LogP contribution in [0.3, 0.4) is 0 Å². The standard InChI is InChI=1S/C15H18N2O4/c1-4-21-13(18)8-9-17-10(2)16-14-11(15(17)19)6-5-7-12(14)20-3/h5-7H,4,8-9H2,1-3H3. The number of carbonyl (C=O) groups is 1. The molecule has 0 spiro atoms. The van der Waals surface area contributed by atoms with Gasteiger partial charge in [-0.3, -0.25) is 14.2 Å². The highest BCUT2D eigenvalue weighted by molar-refractivity contribution is 5.83. The molecule has 1 heterocycles. The second-order valence-electron chi connectivity index (χ2n) is 4.53. The highest BCUT2D eigenvalue weighted by Crippen LogP contribution is 2.21. The number of hydrogen-bond acceptors (Lipinski definition) is 5. The van der Waals surface area contributed by atoms with E-state index >= 15 is 0 Å². The van der Waals surface area contributed by atoms with E-state index in [0.29, 0.717) is 29.1 Å². The number of para-hydroxylation sites is 1. The summed E-state index contributed by atoms with van der Waals surface area (Å²) in [5.74, 6) is 0.779. The second kappa shape index (κ2) is 6.39. The average molecular weight is 290 g/mol. The first-order valence-corrected chi connectivity index (χ1v) is 6.78. The Balaban J connectivity index is 2.42. The summed E-state index contributed by atoms with van der Waals surface area (Å²) in [5.41, 5.74) is 0.357. The zero-order valence-corrected chi connectivity index (χ0v) is 12.4. The molecule has 0 aliphatic heterocycles. The number of esters is 1. The molecule has 0 fully saturated rings. The van der Waals surface area contributed by atoms with Gasteiger partial charge in [-0.25, -0.2) is 4.98 Å². The van der Waals surface area contributed by atoms with E-state index in [1.54, 1.807) is 32.0 Å². The lowest BCUT2D eigenvalue weighted by Gasteiger charge is -2.11. The molecule has 112 valence electrons. The Hall–Kier alpha value is -2.37. The van der Waals surface area contributed by atoms with Crippen LogP contribution in [0.25, 0.3) is 10.9 Å². The number of fused-ring (bicyclic) bond motifs is 1. The molecule has 0 amide bonds. The highest BCUT2D eigenvalue weighted by Gasteiger charge is 2.12. The summed E-state index contributed by atoms with van der Waals surface area (Å²) in [6, 6.07) is 5.21. The van der Waals surface area contributed by atoms with Crippen molar-refractivity contribution in [2.45, 2.75) is 26.8 Å². The van der Waals surface area contributed by atoms with Crippen molar-refractivity contribution >= 4 is 16.9 Å². The maximum absolute atomic E-state index is 12.5. The maximum Gasteiger partial charge on any atom is 0.307 e. The van der Waals surface area contributed by atoms with E-state index in [0.717, 1.165) is 0 Å². The predicted molar refractivity (Wildman–Crippen MR) is 78.5 cm³/mol. The lowest BCUT2D eigenvalue weighted by molar-refractivity contribution is -0.143. The third kappa shape index (κ3) is 3.04. The number of hydrogen-bond donors (Lipinski definition) is 0. The van der Waals surface area contributed by atoms with Crippen molar-refractivity contribution in [3.8, 4) is 5.75 Å². The van der Waals surface area contributed by atoms with Gasteiger partial charge < -0.3 is 9.47 Å². The molecule has 0 saturated carbocycles. The largest absolute Gasteiger partial charge is 0.494 e. The van der Waals surface area contributed by atoms with Gasteiger partial charge in [-0.15, -0.1) is 0 Å². The number of nitrogens with zero attached hydrogens (tertiary/aromatic N) is 2. The fourth-order valence-corrected chi connectivity index (χ4v) is 2.19. The first-order valence-electron chi connectivity index (χ1n) is 6.78. The topological polar surface area (TPSA) is 70.4 Å². The summed E-state index contributed by atoms with van der Waals surface area (Å²) in [5, 5.41) is 0.476. The van der Waals surface area contributed by atoms with E-state index in [2.05, 4.69) is 4.98 Å². The number of rotatable bonds is 5. The number of ether oxygens (including phenoxy) is 2. The van der Waals surface area contributed by atoms with Crippen LogP contribution in [0.4, 0.5) is 0 Å². The van der Waals surface area contributed by atoms with Crippen LogP contribution in [0.2, 0.25) is 0 Å². The molecule has 0 atom stereocenters. The number of carbonyl (C=O) groups excluding carboxylic acids is 1. The van der Waals surface area contributed by atoms with Gasteiger partial charge >= 0.3 is 5.97 Å². The van der Waals surface area contributed by atoms with E-state index in [1.165, 1.54) is 11.7 Å². The lowest BCUT2D eigenvalue weighted by atomic mass is 10.2. The molecule has 0 radical (unpaired) electrons. The Morgan fingerprint density at radius 2 is 2.14 bits per heavy atom. The number of methoxy groups -OCH3 is 1. The Kier molecular flexibility index (Phi) is 4.57. The molecular formula is C15H18N2O4. The first-order chi connectivity index (χ1) is 10.1. The third-order valence-electron chi connectivity index (χ3n) is 3.20. The predicted octanol–water partition coefficient (Wildman–Crippen LogP) is 1.67. The minimum Gasteiger partial charge on any atom is -0.494 e. The van der Waals surface area contributed by atoms with Crippen molar-refractivity contribution in [2.24, 2.45) is 0 Å². The van der Waals surface area contributed by atoms with Gasteiger partial charge in [0.1, 0.15) is 17.1 Å². The van der Waals surface area contributed by atoms with Gasteiger partial charge in [-0.2, -0.15) is 0 Å². The van der Waals surface area contributed by atoms with E-state index in [9.17, 15) is 9.59 Å². The quantitative estimate of drug-likeness (QED) is 0.783. The minimum atomic E-state index is -0.325. The molecule has 2 rings (SSSR count). The zero-order chi connectivity index (χ0) is 15.4. The molecule has 1 aromatic carbocycles. The van der Waals surface area contributed by atoms with E-state index in [1.807, 2.05) is 0 Å². The molecule has 6 heteroatoms. The van der Waals surface area contributed by atoms with Crippen LogP contribution >= 0.6 is 0 Å². The van der Waals surface area contributed by atoms with Gasteiger partial charge in [-0.1, -0.05) is 6.07 Å². The van der Waals surface area contributed by atoms with Crippen molar-refractivity contribution in [3.05, 3.63) is 34.4 Å². The van der Waals surface area contributed by atoms with Crippen LogP contribution in [-0.2, 0) is 16.1 Å². The fourth-order valence-electron chi connectivity index (χ4n) is 2.19. The summed E-state index contributed by atoms with van der Waals surface area (Å²) in [6.07, 6.45) is 0.145. The molecule has 0 aliphatic rings. The fraction of sp³-hybridized carbons (Fsp3) is 0.400. The molecule has 21 heavy (non-hydrogen) atoms. The van der Waals surface area contributed by atoms with Crippen LogP contribution in [0.5, 0.6) is 5.75 Å². The molecule has 0 saturated heterocycles. The Morgan fingerprint density at radius 3 is 2.81 bits per heavy atom. The zero-order valence-electron chi connectivity index (χ0n) is 12.4. The van der Waals surface area contributed by atoms with Crippen LogP contribution in [0, 0.1) is 6.92 Å². The van der Waals surface area contributed by atoms with Crippen molar-refractivity contribution in [3.63, 3.8) is 0 Å². The molecule has 0 N–H and O–H groups in total. The monoisotopic (exact) mass is 290 g/mol. The molecule has 0 unspecified atom stereocenters. The van der Waals surface area contributed by atoms with Crippen molar-refractivity contribution in [1.82, 2.24) is 9.55 Å². The summed E-state index contributed by atoms with van der Waals surface area (Å²) in [4.78, 5) is 28.3. The second-order valence-corrected chi connectivity index (χ2v) is 4.53. The van der Waals surface area contributed by atoms with Crippen LogP contribution in [0.15, 0.2) is 23.0 Å². The van der Waals surface area contributed by atoms with Crippen LogP contribution in [0.1, 0.15) is 19.2 Å². The Morgan fingerprint density at radius 1 is 1.38 bits per heavy atom. The smallest absolute Gasteiger partial charge is 0.307 e. The summed E-state index contributed by atoms with van der Waals surface area (Å²) < 4.78 is 11.6. The summed E-state index contributed by atoms with van der Waals surface area (Å²) >= 11 is 0. The Labute approximate surface area is 122 Å². The lowest BCUT2D eigenvalue weighted by Crippen LogP contribution is -2.25. The molecule has 2 aromatic rings. The molecule has 0 bridgehead atoms. The van der Waals surface area contributed by atoms with Gasteiger partial charge in [0.05, 0.1) is 25.5 Å². The van der Waals surface area contributed by atoms with Crippen molar-refractivity contribution < 1.29 is 14.3 Å². The summed E-state index contributed by atoms with van der Waals surface area (Å²) in [7, 11) is 1.54. The van der Waals surface area contributed by atoms with Gasteiger partial charge in [0.25, 0.3) is 5.56 Å². The normalized spacial score (nSPS) is 10.6. The number of aryl methyl sites for hydroxylation is 1. The van der Waals surface area contributed by atoms with Gasteiger partial charge in [0, 0.05) is 6.54 Å². The molecule has 6 nitrogen and oxygen atoms in total. The van der Waals surface area contributed by atoms with E-state index < -0.39 is 0 Å². The van der Waals surface area contributed by atoms with E-state index in [-0.39, 0.29) is 24.5 Å². The third-order valence-corrected chi connectivity index (χ3v) is 3.20. The minimum absolute atomic E-state index is 0.145. The highest BCUT2D eigenvalue weighted by atomic mass is 16.5. The van der Waals surface area contributed by atoms with Crippen LogP contribution in [-0.4, -0.2) is 29.2 Å². The van der Waals surface area contributed by atoms with Gasteiger partial charge in [-0.05, 0) is 26.0 Å². The maximum atomic E-state index is 12.5. The van der Waals surface area contributed by atoms with Gasteiger partial charge in [0.15, 0.2) is 0 Å². The molecule has 1 aromatic heterocycles. The first kappa shape index (κ1) is 15.0. The van der Waals surface area contributed by atoms with Gasteiger partial charge in [0.2, 0.25) is 0 Å². The average Bonchev–Trinajstić information content (AvgIpc) is 2.46. The number of aromatic nitrogens is 2. The molecular weight excluding hydrogens is 272 g/mol. The molecule has 0 aliphatic carbocycles. The van der Waals surface area contributed by atoms with Crippen molar-refractivity contribution in [2.75, 3.05) is 13.7 Å². The number of benzene rings is 1. The Bertz CT molecular complexity index is 721.